The lowest BCUT2D eigenvalue weighted by Crippen LogP contribution is -2.19. The lowest BCUT2D eigenvalue weighted by molar-refractivity contribution is -0.139. The number of nitrogens with zero attached hydrogens (tertiary/aromatic N) is 1. The Balaban J connectivity index is 2.50. The van der Waals surface area contributed by atoms with Gasteiger partial charge in [0.05, 0.1) is 27.8 Å². The van der Waals surface area contributed by atoms with E-state index in [2.05, 4.69) is 0 Å². The number of anilines is 1. The van der Waals surface area contributed by atoms with Gasteiger partial charge in [0.25, 0.3) is 10.0 Å². The van der Waals surface area contributed by atoms with Gasteiger partial charge in [0.2, 0.25) is 0 Å². The van der Waals surface area contributed by atoms with E-state index in [1.807, 2.05) is 4.72 Å². The fraction of sp³-hybridized carbons (Fsp3) is 0.0714. The predicted octanol–water partition coefficient (Wildman–Crippen LogP) is 4.03. The van der Waals surface area contributed by atoms with Gasteiger partial charge in [-0.25, -0.2) is 8.42 Å². The molecule has 120 valence electrons. The first-order valence-corrected chi connectivity index (χ1v) is 7.89. The van der Waals surface area contributed by atoms with E-state index in [4.69, 9.17) is 16.9 Å². The monoisotopic (exact) mass is 360 g/mol. The van der Waals surface area contributed by atoms with Crippen LogP contribution in [0.5, 0.6) is 0 Å². The largest absolute Gasteiger partial charge is 0.417 e. The summed E-state index contributed by atoms with van der Waals surface area (Å²) < 4.78 is 65.6. The number of sulfonamides is 1. The summed E-state index contributed by atoms with van der Waals surface area (Å²) >= 11 is 5.52. The van der Waals surface area contributed by atoms with E-state index in [1.54, 1.807) is 6.07 Å². The Bertz CT molecular complexity index is 890. The summed E-state index contributed by atoms with van der Waals surface area (Å²) in [6.45, 7) is 0. The van der Waals surface area contributed by atoms with E-state index in [9.17, 15) is 21.6 Å². The van der Waals surface area contributed by atoms with E-state index < -0.39 is 26.7 Å². The average Bonchev–Trinajstić information content (AvgIpc) is 2.45. The number of nitriles is 1. The molecule has 0 amide bonds. The number of nitrogens with one attached hydrogen (secondary N) is 1. The Hall–Kier alpha value is -2.24. The van der Waals surface area contributed by atoms with Crippen LogP contribution < -0.4 is 4.72 Å². The van der Waals surface area contributed by atoms with Crippen molar-refractivity contribution in [1.29, 1.82) is 5.26 Å². The van der Waals surface area contributed by atoms with Gasteiger partial charge in [-0.1, -0.05) is 17.7 Å². The second kappa shape index (κ2) is 6.10. The number of rotatable bonds is 3. The van der Waals surface area contributed by atoms with Crippen molar-refractivity contribution in [2.24, 2.45) is 0 Å². The SMILES string of the molecule is N#Cc1cccc(NS(=O)(=O)c2ccc(Cl)cc2C(F)(F)F)c1. The minimum Gasteiger partial charge on any atom is -0.280 e. The van der Waals surface area contributed by atoms with Crippen molar-refractivity contribution >= 4 is 27.3 Å². The number of benzene rings is 2. The van der Waals surface area contributed by atoms with Crippen LogP contribution in [0, 0.1) is 11.3 Å². The van der Waals surface area contributed by atoms with Crippen LogP contribution in [0.1, 0.15) is 11.1 Å². The quantitative estimate of drug-likeness (QED) is 0.898. The van der Waals surface area contributed by atoms with Crippen LogP contribution in [0.3, 0.4) is 0 Å². The Kier molecular flexibility index (Phi) is 4.54. The zero-order valence-corrected chi connectivity index (χ0v) is 12.8. The normalized spacial score (nSPS) is 11.8. The van der Waals surface area contributed by atoms with Crippen LogP contribution in [0.4, 0.5) is 18.9 Å². The van der Waals surface area contributed by atoms with Crippen molar-refractivity contribution in [1.82, 2.24) is 0 Å². The lowest BCUT2D eigenvalue weighted by Gasteiger charge is -2.15. The molecule has 1 N–H and O–H groups in total. The van der Waals surface area contributed by atoms with Gasteiger partial charge in [-0.15, -0.1) is 0 Å². The highest BCUT2D eigenvalue weighted by Gasteiger charge is 2.37. The van der Waals surface area contributed by atoms with Gasteiger partial charge in [-0.3, -0.25) is 4.72 Å². The van der Waals surface area contributed by atoms with E-state index in [1.165, 1.54) is 24.3 Å². The van der Waals surface area contributed by atoms with Gasteiger partial charge < -0.3 is 0 Å². The standard InChI is InChI=1S/C14H8ClF3N2O2S/c15-10-4-5-13(12(7-10)14(16,17)18)23(21,22)20-11-3-1-2-9(6-11)8-19/h1-7,20H. The maximum absolute atomic E-state index is 13.0. The molecule has 0 aliphatic rings. The Morgan fingerprint density at radius 2 is 1.83 bits per heavy atom. The third-order valence-corrected chi connectivity index (χ3v) is 4.45. The van der Waals surface area contributed by atoms with Crippen molar-refractivity contribution in [2.45, 2.75) is 11.1 Å². The second-order valence-corrected chi connectivity index (χ2v) is 6.52. The highest BCUT2D eigenvalue weighted by molar-refractivity contribution is 7.92. The van der Waals surface area contributed by atoms with Crippen LogP contribution in [0.2, 0.25) is 5.02 Å². The first-order chi connectivity index (χ1) is 10.6. The highest BCUT2D eigenvalue weighted by atomic mass is 35.5. The molecule has 0 bridgehead atoms. The van der Waals surface area contributed by atoms with Gasteiger partial charge in [-0.2, -0.15) is 18.4 Å². The Morgan fingerprint density at radius 1 is 1.13 bits per heavy atom. The Morgan fingerprint density at radius 3 is 2.43 bits per heavy atom. The molecule has 0 fully saturated rings. The molecule has 23 heavy (non-hydrogen) atoms. The molecule has 0 aromatic heterocycles. The van der Waals surface area contributed by atoms with Crippen molar-refractivity contribution in [2.75, 3.05) is 4.72 Å². The second-order valence-electron chi connectivity index (χ2n) is 4.44. The molecule has 0 saturated heterocycles. The minimum atomic E-state index is -4.89. The molecule has 0 heterocycles. The van der Waals surface area contributed by atoms with Gasteiger partial charge in [0.1, 0.15) is 0 Å². The molecule has 2 aromatic carbocycles. The van der Waals surface area contributed by atoms with Crippen LogP contribution in [0.25, 0.3) is 0 Å². The first kappa shape index (κ1) is 17.1. The molecular formula is C14H8ClF3N2O2S. The highest BCUT2D eigenvalue weighted by Crippen LogP contribution is 2.36. The molecule has 4 nitrogen and oxygen atoms in total. The molecule has 0 saturated carbocycles. The van der Waals surface area contributed by atoms with E-state index in [0.717, 1.165) is 12.1 Å². The van der Waals surface area contributed by atoms with Gasteiger partial charge in [0, 0.05) is 5.02 Å². The summed E-state index contributed by atoms with van der Waals surface area (Å²) in [5.41, 5.74) is -1.22. The maximum Gasteiger partial charge on any atom is 0.417 e. The van der Waals surface area contributed by atoms with Gasteiger partial charge in [0.15, 0.2) is 0 Å². The van der Waals surface area contributed by atoms with E-state index in [-0.39, 0.29) is 16.3 Å². The summed E-state index contributed by atoms with van der Waals surface area (Å²) in [5, 5.41) is 8.53. The van der Waals surface area contributed by atoms with E-state index >= 15 is 0 Å². The summed E-state index contributed by atoms with van der Waals surface area (Å²) in [6, 6.07) is 9.55. The van der Waals surface area contributed by atoms with Crippen LogP contribution in [-0.4, -0.2) is 8.42 Å². The average molecular weight is 361 g/mol. The zero-order chi connectivity index (χ0) is 17.3. The Labute approximate surface area is 135 Å². The molecule has 9 heteroatoms. The molecule has 2 rings (SSSR count). The molecular weight excluding hydrogens is 353 g/mol. The van der Waals surface area contributed by atoms with Crippen LogP contribution in [0.15, 0.2) is 47.4 Å². The minimum absolute atomic E-state index is 0.0212. The molecule has 0 unspecified atom stereocenters. The van der Waals surface area contributed by atoms with Gasteiger partial charge >= 0.3 is 6.18 Å². The number of alkyl halides is 3. The number of halogens is 4. The first-order valence-electron chi connectivity index (χ1n) is 6.03. The molecule has 0 atom stereocenters. The lowest BCUT2D eigenvalue weighted by atomic mass is 10.2. The topological polar surface area (TPSA) is 70.0 Å². The van der Waals surface area contributed by atoms with Gasteiger partial charge in [-0.05, 0) is 36.4 Å². The smallest absolute Gasteiger partial charge is 0.280 e. The summed E-state index contributed by atoms with van der Waals surface area (Å²) in [7, 11) is -4.51. The predicted molar refractivity (Wildman–Crippen MR) is 78.4 cm³/mol. The molecule has 0 radical (unpaired) electrons. The number of hydrogen-bond donors (Lipinski definition) is 1. The van der Waals surface area contributed by atoms with Crippen molar-refractivity contribution < 1.29 is 21.6 Å². The number of hydrogen-bond acceptors (Lipinski definition) is 3. The summed E-state index contributed by atoms with van der Waals surface area (Å²) in [6.07, 6.45) is -4.89. The molecule has 0 aliphatic heterocycles. The molecule has 2 aromatic rings. The van der Waals surface area contributed by atoms with Crippen molar-refractivity contribution in [3.05, 3.63) is 58.6 Å². The summed E-state index contributed by atoms with van der Waals surface area (Å²) in [5.74, 6) is 0. The van der Waals surface area contributed by atoms with Crippen LogP contribution >= 0.6 is 11.6 Å². The van der Waals surface area contributed by atoms with Crippen molar-refractivity contribution in [3.63, 3.8) is 0 Å². The zero-order valence-electron chi connectivity index (χ0n) is 11.2. The van der Waals surface area contributed by atoms with Crippen molar-refractivity contribution in [3.8, 4) is 6.07 Å². The summed E-state index contributed by atoms with van der Waals surface area (Å²) in [4.78, 5) is -0.947. The molecule has 0 spiro atoms. The maximum atomic E-state index is 13.0. The fourth-order valence-electron chi connectivity index (χ4n) is 1.82. The molecule has 0 aliphatic carbocycles. The fourth-order valence-corrected chi connectivity index (χ4v) is 3.25. The van der Waals surface area contributed by atoms with E-state index in [0.29, 0.717) is 6.07 Å². The van der Waals surface area contributed by atoms with Crippen LogP contribution in [-0.2, 0) is 16.2 Å². The third kappa shape index (κ3) is 3.94. The third-order valence-electron chi connectivity index (χ3n) is 2.78.